The Balaban J connectivity index is 2.04. The molecule has 0 radical (unpaired) electrons. The molecule has 1 aromatic heterocycles. The van der Waals surface area contributed by atoms with Gasteiger partial charge in [-0.1, -0.05) is 29.8 Å². The summed E-state index contributed by atoms with van der Waals surface area (Å²) in [6.07, 6.45) is 2.34. The maximum absolute atomic E-state index is 6.24. The molecule has 1 unspecified atom stereocenters. The highest BCUT2D eigenvalue weighted by atomic mass is 35.5. The number of benzene rings is 1. The van der Waals surface area contributed by atoms with Crippen LogP contribution < -0.4 is 0 Å². The van der Waals surface area contributed by atoms with Crippen molar-refractivity contribution in [2.75, 3.05) is 0 Å². The summed E-state index contributed by atoms with van der Waals surface area (Å²) in [4.78, 5) is 0. The largest absolute Gasteiger partial charge is 0.294 e. The van der Waals surface area contributed by atoms with Gasteiger partial charge in [-0.15, -0.1) is 10.2 Å². The van der Waals surface area contributed by atoms with Crippen LogP contribution in [0.3, 0.4) is 0 Å². The van der Waals surface area contributed by atoms with Crippen LogP contribution in [0, 0.1) is 0 Å². The van der Waals surface area contributed by atoms with Crippen LogP contribution in [-0.4, -0.2) is 14.8 Å². The molecule has 1 heterocycles. The van der Waals surface area contributed by atoms with Crippen LogP contribution in [0.1, 0.15) is 43.1 Å². The van der Waals surface area contributed by atoms with Crippen molar-refractivity contribution in [2.45, 2.75) is 31.7 Å². The zero-order valence-electron chi connectivity index (χ0n) is 9.98. The zero-order valence-corrected chi connectivity index (χ0v) is 11.5. The molecule has 3 nitrogen and oxygen atoms in total. The molecule has 1 aliphatic carbocycles. The highest BCUT2D eigenvalue weighted by molar-refractivity contribution is 6.31. The van der Waals surface area contributed by atoms with Gasteiger partial charge in [0.25, 0.3) is 0 Å². The molecule has 0 spiro atoms. The Bertz CT molecular complexity index is 575. The van der Waals surface area contributed by atoms with Crippen LogP contribution in [0.2, 0.25) is 10.3 Å². The van der Waals surface area contributed by atoms with Crippen molar-refractivity contribution in [1.29, 1.82) is 0 Å². The highest BCUT2D eigenvalue weighted by Gasteiger charge is 2.32. The molecule has 94 valence electrons. The van der Waals surface area contributed by atoms with Gasteiger partial charge < -0.3 is 0 Å². The van der Waals surface area contributed by atoms with Crippen LogP contribution >= 0.6 is 23.2 Å². The first-order valence-electron chi connectivity index (χ1n) is 6.03. The van der Waals surface area contributed by atoms with E-state index in [4.69, 9.17) is 23.2 Å². The van der Waals surface area contributed by atoms with Crippen molar-refractivity contribution < 1.29 is 0 Å². The third-order valence-corrected chi connectivity index (χ3v) is 3.97. The number of nitrogens with zero attached hydrogens (tertiary/aromatic N) is 3. The Morgan fingerprint density at radius 2 is 1.94 bits per heavy atom. The van der Waals surface area contributed by atoms with E-state index < -0.39 is 0 Å². The van der Waals surface area contributed by atoms with Gasteiger partial charge in [-0.25, -0.2) is 0 Å². The van der Waals surface area contributed by atoms with Crippen molar-refractivity contribution in [2.24, 2.45) is 0 Å². The summed E-state index contributed by atoms with van der Waals surface area (Å²) < 4.78 is 1.99. The molecule has 0 aliphatic heterocycles. The van der Waals surface area contributed by atoms with Gasteiger partial charge in [-0.3, -0.25) is 4.57 Å². The van der Waals surface area contributed by atoms with Crippen molar-refractivity contribution in [3.05, 3.63) is 46.0 Å². The average Bonchev–Trinajstić information content (AvgIpc) is 3.13. The van der Waals surface area contributed by atoms with Crippen LogP contribution in [0.25, 0.3) is 0 Å². The number of halogens is 2. The number of rotatable bonds is 3. The average molecular weight is 282 g/mol. The molecule has 0 bridgehead atoms. The third-order valence-electron chi connectivity index (χ3n) is 3.37. The quantitative estimate of drug-likeness (QED) is 0.849. The normalized spacial score (nSPS) is 16.8. The lowest BCUT2D eigenvalue weighted by Gasteiger charge is -2.17. The predicted octanol–water partition coefficient (Wildman–Crippen LogP) is 4.07. The van der Waals surface area contributed by atoms with Crippen LogP contribution in [-0.2, 0) is 0 Å². The molecule has 0 N–H and O–H groups in total. The van der Waals surface area contributed by atoms with Crippen molar-refractivity contribution in [1.82, 2.24) is 14.8 Å². The molecule has 1 saturated carbocycles. The van der Waals surface area contributed by atoms with E-state index in [1.807, 2.05) is 28.8 Å². The molecular weight excluding hydrogens is 269 g/mol. The monoisotopic (exact) mass is 281 g/mol. The van der Waals surface area contributed by atoms with E-state index >= 15 is 0 Å². The highest BCUT2D eigenvalue weighted by Crippen LogP contribution is 2.41. The first-order chi connectivity index (χ1) is 8.68. The maximum atomic E-state index is 6.24. The molecule has 1 aromatic carbocycles. The lowest BCUT2D eigenvalue weighted by molar-refractivity contribution is 0.603. The Morgan fingerprint density at radius 3 is 2.61 bits per heavy atom. The fourth-order valence-corrected chi connectivity index (χ4v) is 2.78. The summed E-state index contributed by atoms with van der Waals surface area (Å²) in [6.45, 7) is 2.07. The van der Waals surface area contributed by atoms with E-state index in [9.17, 15) is 0 Å². The topological polar surface area (TPSA) is 30.7 Å². The van der Waals surface area contributed by atoms with E-state index in [0.29, 0.717) is 11.2 Å². The molecule has 1 atom stereocenters. The van der Waals surface area contributed by atoms with Gasteiger partial charge in [-0.05, 0) is 43.0 Å². The molecule has 3 rings (SSSR count). The van der Waals surface area contributed by atoms with Crippen LogP contribution in [0.15, 0.2) is 24.3 Å². The predicted molar refractivity (Wildman–Crippen MR) is 72.3 cm³/mol. The standard InChI is InChI=1S/C13H13Cl2N3/c1-8(10-4-2-3-5-11(10)14)18-12(9-6-7-9)16-17-13(18)15/h2-5,8-9H,6-7H2,1H3. The lowest BCUT2D eigenvalue weighted by atomic mass is 10.1. The van der Waals surface area contributed by atoms with E-state index in [0.717, 1.165) is 16.4 Å². The second-order valence-electron chi connectivity index (χ2n) is 4.67. The molecule has 0 amide bonds. The summed E-state index contributed by atoms with van der Waals surface area (Å²) in [7, 11) is 0. The molecule has 1 fully saturated rings. The SMILES string of the molecule is CC(c1ccccc1Cl)n1c(Cl)nnc1C1CC1. The Labute approximate surface area is 116 Å². The Hall–Kier alpha value is -1.06. The van der Waals surface area contributed by atoms with Gasteiger partial charge in [0.1, 0.15) is 5.82 Å². The third kappa shape index (κ3) is 2.02. The van der Waals surface area contributed by atoms with Crippen LogP contribution in [0.4, 0.5) is 0 Å². The zero-order chi connectivity index (χ0) is 12.7. The fourth-order valence-electron chi connectivity index (χ4n) is 2.21. The second-order valence-corrected chi connectivity index (χ2v) is 5.41. The van der Waals surface area contributed by atoms with Crippen molar-refractivity contribution in [3.63, 3.8) is 0 Å². The van der Waals surface area contributed by atoms with Gasteiger partial charge in [-0.2, -0.15) is 0 Å². The van der Waals surface area contributed by atoms with Gasteiger partial charge in [0.15, 0.2) is 0 Å². The van der Waals surface area contributed by atoms with Crippen LogP contribution in [0.5, 0.6) is 0 Å². The summed E-state index contributed by atoms with van der Waals surface area (Å²) in [5, 5.41) is 9.36. The minimum absolute atomic E-state index is 0.0526. The second kappa shape index (κ2) is 4.56. The Morgan fingerprint density at radius 1 is 1.22 bits per heavy atom. The molecule has 2 aromatic rings. The summed E-state index contributed by atoms with van der Waals surface area (Å²) in [5.41, 5.74) is 1.04. The van der Waals surface area contributed by atoms with Gasteiger partial charge in [0.2, 0.25) is 5.28 Å². The number of hydrogen-bond donors (Lipinski definition) is 0. The van der Waals surface area contributed by atoms with Gasteiger partial charge in [0, 0.05) is 10.9 Å². The van der Waals surface area contributed by atoms with Gasteiger partial charge >= 0.3 is 0 Å². The summed E-state index contributed by atoms with van der Waals surface area (Å²) in [5.74, 6) is 1.49. The maximum Gasteiger partial charge on any atom is 0.225 e. The first kappa shape index (κ1) is 12.0. The molecule has 5 heteroatoms. The van der Waals surface area contributed by atoms with E-state index in [-0.39, 0.29) is 6.04 Å². The molecule has 1 aliphatic rings. The minimum atomic E-state index is 0.0526. The molecular formula is C13H13Cl2N3. The summed E-state index contributed by atoms with van der Waals surface area (Å²) in [6, 6.07) is 7.86. The van der Waals surface area contributed by atoms with Crippen molar-refractivity contribution in [3.8, 4) is 0 Å². The lowest BCUT2D eigenvalue weighted by Crippen LogP contribution is -2.11. The molecule has 18 heavy (non-hydrogen) atoms. The van der Waals surface area contributed by atoms with Gasteiger partial charge in [0.05, 0.1) is 6.04 Å². The Kier molecular flexibility index (Phi) is 3.04. The number of hydrogen-bond acceptors (Lipinski definition) is 2. The van der Waals surface area contributed by atoms with E-state index in [2.05, 4.69) is 17.1 Å². The minimum Gasteiger partial charge on any atom is -0.294 e. The fraction of sp³-hybridized carbons (Fsp3) is 0.385. The van der Waals surface area contributed by atoms with E-state index in [1.54, 1.807) is 0 Å². The van der Waals surface area contributed by atoms with E-state index in [1.165, 1.54) is 12.8 Å². The van der Waals surface area contributed by atoms with Crippen molar-refractivity contribution >= 4 is 23.2 Å². The smallest absolute Gasteiger partial charge is 0.225 e. The number of aromatic nitrogens is 3. The summed E-state index contributed by atoms with van der Waals surface area (Å²) >= 11 is 12.4. The molecule has 0 saturated heterocycles. The first-order valence-corrected chi connectivity index (χ1v) is 6.79.